The second kappa shape index (κ2) is 21.8. The number of unbranched alkanes of at least 4 members (excludes halogenated alkanes) is 5. The Balaban J connectivity index is 2.42. The Labute approximate surface area is 293 Å². The van der Waals surface area contributed by atoms with Gasteiger partial charge in [-0.3, -0.25) is 18.6 Å². The third-order valence-corrected chi connectivity index (χ3v) is 15.2. The molecule has 2 amide bonds. The summed E-state index contributed by atoms with van der Waals surface area (Å²) in [7, 11) is -34.7. The van der Waals surface area contributed by atoms with Gasteiger partial charge in [0.05, 0.1) is 19.3 Å². The van der Waals surface area contributed by atoms with Crippen LogP contribution in [0, 0.1) is 0 Å². The minimum atomic E-state index is -6.38. The number of carbonyl (C=O) groups is 2. The molecular weight excluding hydrogens is 821 g/mol. The predicted octanol–water partition coefficient (Wildman–Crippen LogP) is 1.19. The first kappa shape index (κ1) is 48.8. The first-order valence-electron chi connectivity index (χ1n) is 14.9. The molecule has 0 radical (unpaired) electrons. The highest BCUT2D eigenvalue weighted by atomic mass is 31.3. The number of hydrogen-bond acceptors (Lipinski definition) is 17. The van der Waals surface area contributed by atoms with Crippen molar-refractivity contribution < 1.29 is 107 Å². The molecule has 25 nitrogen and oxygen atoms in total. The Morgan fingerprint density at radius 2 is 1.10 bits per heavy atom. The number of nitrogens with one attached hydrogen (secondary N) is 2. The lowest BCUT2D eigenvalue weighted by atomic mass is 9.96. The van der Waals surface area contributed by atoms with E-state index in [9.17, 15) is 71.4 Å². The molecule has 51 heavy (non-hydrogen) atoms. The van der Waals surface area contributed by atoms with Crippen LogP contribution in [-0.4, -0.2) is 98.6 Å². The normalized spacial score (nSPS) is 24.9. The van der Waals surface area contributed by atoms with Crippen LogP contribution in [-0.2, 0) is 72.3 Å². The van der Waals surface area contributed by atoms with Crippen molar-refractivity contribution in [3.05, 3.63) is 0 Å². The lowest BCUT2D eigenvalue weighted by molar-refractivity contribution is -0.121. The fourth-order valence-corrected chi connectivity index (χ4v) is 11.8. The van der Waals surface area contributed by atoms with Gasteiger partial charge in [-0.15, -0.1) is 0 Å². The van der Waals surface area contributed by atoms with Gasteiger partial charge in [-0.25, -0.2) is 27.4 Å². The molecule has 9 N–H and O–H groups in total. The van der Waals surface area contributed by atoms with Crippen LogP contribution in [0.1, 0.15) is 64.7 Å². The van der Waals surface area contributed by atoms with E-state index in [1.807, 2.05) is 0 Å². The van der Waals surface area contributed by atoms with Gasteiger partial charge in [-0.05, 0) is 32.1 Å². The van der Waals surface area contributed by atoms with Crippen molar-refractivity contribution in [2.24, 2.45) is 0 Å². The molecule has 1 aliphatic rings. The van der Waals surface area contributed by atoms with Crippen LogP contribution in [0.3, 0.4) is 0 Å². The Kier molecular flexibility index (Phi) is 20.8. The van der Waals surface area contributed by atoms with Crippen LogP contribution in [0.5, 0.6) is 0 Å². The van der Waals surface area contributed by atoms with E-state index < -0.39 is 78.4 Å². The number of hydrogen-bond donors (Lipinski definition) is 9. The fourth-order valence-electron chi connectivity index (χ4n) is 3.94. The zero-order valence-electron chi connectivity index (χ0n) is 27.3. The number of ether oxygens (including phenoxy) is 1. The van der Waals surface area contributed by atoms with Crippen LogP contribution < -0.4 is 10.6 Å². The van der Waals surface area contributed by atoms with Crippen molar-refractivity contribution in [1.82, 2.24) is 10.6 Å². The predicted molar refractivity (Wildman–Crippen MR) is 173 cm³/mol. The highest BCUT2D eigenvalue weighted by Crippen LogP contribution is 2.75. The van der Waals surface area contributed by atoms with Gasteiger partial charge in [0.15, 0.2) is 0 Å². The summed E-state index contributed by atoms with van der Waals surface area (Å²) < 4.78 is 104. The van der Waals surface area contributed by atoms with E-state index >= 15 is 0 Å². The molecule has 0 saturated carbocycles. The average Bonchev–Trinajstić information content (AvgIpc) is 3.23. The van der Waals surface area contributed by atoms with Crippen LogP contribution in [0.4, 0.5) is 0 Å². The van der Waals surface area contributed by atoms with Crippen LogP contribution in [0.25, 0.3) is 0 Å². The molecule has 0 aromatic rings. The molecule has 32 heteroatoms. The molecule has 1 heterocycles. The van der Waals surface area contributed by atoms with Gasteiger partial charge in [0.2, 0.25) is 11.8 Å². The number of phosphoric acid groups is 6. The highest BCUT2D eigenvalue weighted by molar-refractivity contribution is 7.72. The maximum absolute atomic E-state index is 12.0. The number of aliphatic hydroxyl groups is 1. The summed E-state index contributed by atoms with van der Waals surface area (Å²) in [6, 6.07) is -0.476. The quantitative estimate of drug-likeness (QED) is 0.0318. The first-order valence-corrected chi connectivity index (χ1v) is 23.9. The van der Waals surface area contributed by atoms with Crippen molar-refractivity contribution in [2.45, 2.75) is 82.9 Å². The molecule has 6 unspecified atom stereocenters. The molecule has 0 aliphatic carbocycles. The minimum absolute atomic E-state index is 0.101. The first-order chi connectivity index (χ1) is 23.2. The van der Waals surface area contributed by atoms with Gasteiger partial charge >= 0.3 is 46.9 Å². The van der Waals surface area contributed by atoms with Crippen LogP contribution in [0.2, 0.25) is 0 Å². The molecule has 300 valence electrons. The zero-order valence-corrected chi connectivity index (χ0v) is 32.6. The topological polar surface area (TPSA) is 376 Å². The summed E-state index contributed by atoms with van der Waals surface area (Å²) in [5.74, 6) is -0.274. The number of rotatable bonds is 27. The summed E-state index contributed by atoms with van der Waals surface area (Å²) in [4.78, 5) is 80.1. The van der Waals surface area contributed by atoms with Gasteiger partial charge in [0, 0.05) is 32.4 Å². The van der Waals surface area contributed by atoms with Crippen molar-refractivity contribution in [2.75, 3.05) is 26.3 Å². The number of phosphoric ester groups is 2. The maximum Gasteiger partial charge on any atom is 0.490 e. The number of carbonyl (C=O) groups excluding carboxylic acids is 2. The fraction of sp³-hybridized carbons (Fsp3) is 0.895. The molecule has 0 bridgehead atoms. The largest absolute Gasteiger partial charge is 0.490 e. The average molecular weight is 864 g/mol. The zero-order chi connectivity index (χ0) is 39.2. The molecule has 0 spiro atoms. The van der Waals surface area contributed by atoms with E-state index in [0.717, 1.165) is 12.8 Å². The summed E-state index contributed by atoms with van der Waals surface area (Å²) >= 11 is 0. The van der Waals surface area contributed by atoms with E-state index in [4.69, 9.17) is 4.74 Å². The van der Waals surface area contributed by atoms with E-state index in [2.05, 4.69) is 41.2 Å². The van der Waals surface area contributed by atoms with Gasteiger partial charge in [-0.2, -0.15) is 21.6 Å². The Hall–Kier alpha value is -0.215. The Morgan fingerprint density at radius 1 is 0.667 bits per heavy atom. The lowest BCUT2D eigenvalue weighted by Crippen LogP contribution is -2.26. The Morgan fingerprint density at radius 3 is 1.57 bits per heavy atom. The van der Waals surface area contributed by atoms with E-state index in [-0.39, 0.29) is 24.7 Å². The van der Waals surface area contributed by atoms with Crippen molar-refractivity contribution in [3.8, 4) is 0 Å². The Bertz CT molecular complexity index is 1440. The molecule has 1 rings (SSSR count). The molecule has 0 aromatic heterocycles. The molecule has 1 saturated heterocycles. The molecular formula is C19H43BN2O23P6. The smallest absolute Gasteiger partial charge is 0.390 e. The summed E-state index contributed by atoms with van der Waals surface area (Å²) in [5, 5.41) is 15.1. The third-order valence-electron chi connectivity index (χ3n) is 5.95. The summed E-state index contributed by atoms with van der Waals surface area (Å²) in [5.41, 5.74) is 0. The number of aliphatic hydroxyl groups excluding tert-OH is 1. The standard InChI is InChI=1S/C19H43BN2O23P6/c1-15(23)21-10-7-4-5-9-19(25)22-11-6-2-3-8-12-38-46(26,27)41-48(30,31)43-50(34,35)45-51(36,37)44-49(32,33)42-47(28,29)39-14-17-16(24)13-18(20)40-17/h16-18,24H,2-14,20H2,1H3,(H,21,23)(H,22,25)(H,26,27)(H,28,29)(H,30,31)(H,32,33)(H,34,35)(H,36,37)/t16-,17-,18-/m1/s1. The van der Waals surface area contributed by atoms with Crippen LogP contribution in [0.15, 0.2) is 0 Å². The molecule has 1 fully saturated rings. The highest BCUT2D eigenvalue weighted by Gasteiger charge is 2.49. The SMILES string of the molecule is B[C@H]1C[C@@H](O)[C@@H](COP(=O)(O)OP(=O)(O)OP(=O)(O)OP(=O)(O)OP(=O)(O)OP(=O)(O)OCCCCCCNC(=O)CCCCCNC(C)=O)O1. The van der Waals surface area contributed by atoms with Gasteiger partial charge in [0.1, 0.15) is 14.0 Å². The van der Waals surface area contributed by atoms with E-state index in [1.54, 1.807) is 7.85 Å². The minimum Gasteiger partial charge on any atom is -0.390 e. The molecule has 0 aromatic carbocycles. The van der Waals surface area contributed by atoms with Crippen molar-refractivity contribution in [3.63, 3.8) is 0 Å². The van der Waals surface area contributed by atoms with E-state index in [0.29, 0.717) is 45.2 Å². The molecule has 1 aliphatic heterocycles. The van der Waals surface area contributed by atoms with Crippen molar-refractivity contribution in [1.29, 1.82) is 0 Å². The second-order valence-electron chi connectivity index (χ2n) is 10.7. The van der Waals surface area contributed by atoms with Gasteiger partial charge in [0.25, 0.3) is 0 Å². The number of amides is 2. The van der Waals surface area contributed by atoms with Gasteiger partial charge < -0.3 is 49.8 Å². The molecule has 9 atom stereocenters. The van der Waals surface area contributed by atoms with E-state index in [1.165, 1.54) is 6.92 Å². The van der Waals surface area contributed by atoms with Crippen LogP contribution >= 0.6 is 46.9 Å². The summed E-state index contributed by atoms with van der Waals surface area (Å²) in [6.07, 6.45) is 1.84. The van der Waals surface area contributed by atoms with Gasteiger partial charge in [-0.1, -0.05) is 19.3 Å². The summed E-state index contributed by atoms with van der Waals surface area (Å²) in [6.45, 7) is 0.893. The van der Waals surface area contributed by atoms with Crippen molar-refractivity contribution >= 4 is 66.6 Å². The lowest BCUT2D eigenvalue weighted by Gasteiger charge is -2.21. The maximum atomic E-state index is 12.0. The monoisotopic (exact) mass is 864 g/mol. The second-order valence-corrected chi connectivity index (χ2v) is 20.1. The third kappa shape index (κ3) is 24.0.